The zero-order chi connectivity index (χ0) is 21.8. The van der Waals surface area contributed by atoms with Gasteiger partial charge in [0, 0.05) is 5.69 Å². The third-order valence-corrected chi connectivity index (χ3v) is 5.20. The van der Waals surface area contributed by atoms with Crippen LogP contribution in [0.1, 0.15) is 38.3 Å². The Kier molecular flexibility index (Phi) is 6.57. The topological polar surface area (TPSA) is 76.0 Å². The molecule has 30 heavy (non-hydrogen) atoms. The van der Waals surface area contributed by atoms with E-state index in [4.69, 9.17) is 11.6 Å². The van der Waals surface area contributed by atoms with Crippen LogP contribution in [-0.4, -0.2) is 28.1 Å². The smallest absolute Gasteiger partial charge is 0.256 e. The van der Waals surface area contributed by atoms with Gasteiger partial charge in [0.05, 0.1) is 24.3 Å². The summed E-state index contributed by atoms with van der Waals surface area (Å²) >= 11 is 6.41. The molecule has 0 aliphatic heterocycles. The summed E-state index contributed by atoms with van der Waals surface area (Å²) in [4.78, 5) is 25.0. The molecule has 0 spiro atoms. The Balaban J connectivity index is 1.66. The van der Waals surface area contributed by atoms with Crippen molar-refractivity contribution in [1.29, 1.82) is 0 Å². The molecule has 0 aliphatic carbocycles. The van der Waals surface area contributed by atoms with Crippen molar-refractivity contribution in [3.63, 3.8) is 0 Å². The molecule has 2 aromatic carbocycles. The quantitative estimate of drug-likeness (QED) is 0.623. The van der Waals surface area contributed by atoms with Crippen LogP contribution in [0.4, 0.5) is 5.69 Å². The molecule has 0 radical (unpaired) electrons. The highest BCUT2D eigenvalue weighted by Crippen LogP contribution is 2.22. The Morgan fingerprint density at radius 1 is 1.03 bits per heavy atom. The van der Waals surface area contributed by atoms with E-state index in [2.05, 4.69) is 15.7 Å². The van der Waals surface area contributed by atoms with Crippen LogP contribution < -0.4 is 10.6 Å². The molecule has 7 heteroatoms. The van der Waals surface area contributed by atoms with Gasteiger partial charge in [0.1, 0.15) is 5.15 Å². The molecule has 1 heterocycles. The van der Waals surface area contributed by atoms with Gasteiger partial charge in [-0.15, -0.1) is 0 Å². The van der Waals surface area contributed by atoms with Crippen molar-refractivity contribution in [2.75, 3.05) is 11.9 Å². The van der Waals surface area contributed by atoms with E-state index in [1.54, 1.807) is 11.6 Å². The number of halogens is 1. The zero-order valence-corrected chi connectivity index (χ0v) is 18.3. The Bertz CT molecular complexity index is 1070. The van der Waals surface area contributed by atoms with Gasteiger partial charge in [0.2, 0.25) is 5.91 Å². The molecule has 0 aliphatic rings. The number of hydrogen-bond donors (Lipinski definition) is 2. The number of anilines is 1. The SMILES string of the molecule is Cc1cc(C)c(NC(=O)CNC(=O)c2c(C)nn(Cc3ccccc3)c2Cl)c(C)c1. The molecule has 156 valence electrons. The Hall–Kier alpha value is -3.12. The second kappa shape index (κ2) is 9.13. The summed E-state index contributed by atoms with van der Waals surface area (Å²) in [5, 5.41) is 10.1. The fourth-order valence-electron chi connectivity index (χ4n) is 3.48. The number of carbonyl (C=O) groups excluding carboxylic acids is 2. The monoisotopic (exact) mass is 424 g/mol. The van der Waals surface area contributed by atoms with Crippen molar-refractivity contribution in [3.8, 4) is 0 Å². The highest BCUT2D eigenvalue weighted by atomic mass is 35.5. The van der Waals surface area contributed by atoms with Crippen molar-refractivity contribution in [2.45, 2.75) is 34.2 Å². The lowest BCUT2D eigenvalue weighted by Crippen LogP contribution is -2.33. The van der Waals surface area contributed by atoms with Crippen LogP contribution in [0.25, 0.3) is 0 Å². The van der Waals surface area contributed by atoms with Crippen molar-refractivity contribution in [1.82, 2.24) is 15.1 Å². The first-order chi connectivity index (χ1) is 14.3. The number of hydrogen-bond acceptors (Lipinski definition) is 3. The van der Waals surface area contributed by atoms with Crippen molar-refractivity contribution in [3.05, 3.63) is 81.1 Å². The lowest BCUT2D eigenvalue weighted by Gasteiger charge is -2.13. The van der Waals surface area contributed by atoms with Crippen LogP contribution in [0.3, 0.4) is 0 Å². The van der Waals surface area contributed by atoms with Gasteiger partial charge in [-0.2, -0.15) is 5.10 Å². The maximum atomic E-state index is 12.7. The third kappa shape index (κ3) is 4.89. The molecular formula is C23H25ClN4O2. The molecular weight excluding hydrogens is 400 g/mol. The lowest BCUT2D eigenvalue weighted by atomic mass is 10.1. The largest absolute Gasteiger partial charge is 0.343 e. The van der Waals surface area contributed by atoms with Crippen LogP contribution in [0.5, 0.6) is 0 Å². The summed E-state index contributed by atoms with van der Waals surface area (Å²) in [6, 6.07) is 13.7. The average molecular weight is 425 g/mol. The highest BCUT2D eigenvalue weighted by Gasteiger charge is 2.21. The van der Waals surface area contributed by atoms with Gasteiger partial charge in [0.25, 0.3) is 5.91 Å². The highest BCUT2D eigenvalue weighted by molar-refractivity contribution is 6.33. The van der Waals surface area contributed by atoms with E-state index in [1.165, 1.54) is 0 Å². The minimum atomic E-state index is -0.427. The standard InChI is InChI=1S/C23H25ClN4O2/c1-14-10-15(2)21(16(3)11-14)26-19(29)12-25-23(30)20-17(4)27-28(22(20)24)13-18-8-6-5-7-9-18/h5-11H,12-13H2,1-4H3,(H,25,30)(H,26,29). The van der Waals surface area contributed by atoms with Gasteiger partial charge in [-0.25, -0.2) is 4.68 Å². The van der Waals surface area contributed by atoms with Gasteiger partial charge in [-0.3, -0.25) is 9.59 Å². The van der Waals surface area contributed by atoms with Crippen molar-refractivity contribution < 1.29 is 9.59 Å². The minimum absolute atomic E-state index is 0.161. The lowest BCUT2D eigenvalue weighted by molar-refractivity contribution is -0.115. The molecule has 2 amide bonds. The molecule has 0 atom stereocenters. The van der Waals surface area contributed by atoms with E-state index in [9.17, 15) is 9.59 Å². The van der Waals surface area contributed by atoms with E-state index in [1.807, 2.05) is 63.2 Å². The maximum absolute atomic E-state index is 12.7. The number of nitrogens with one attached hydrogen (secondary N) is 2. The predicted octanol–water partition coefficient (Wildman–Crippen LogP) is 4.19. The first-order valence-electron chi connectivity index (χ1n) is 9.69. The van der Waals surface area contributed by atoms with Gasteiger partial charge < -0.3 is 10.6 Å². The molecule has 1 aromatic heterocycles. The second-order valence-corrected chi connectivity index (χ2v) is 7.76. The molecule has 6 nitrogen and oxygen atoms in total. The van der Waals surface area contributed by atoms with E-state index in [0.29, 0.717) is 12.2 Å². The summed E-state index contributed by atoms with van der Waals surface area (Å²) in [7, 11) is 0. The van der Waals surface area contributed by atoms with Crippen molar-refractivity contribution >= 4 is 29.1 Å². The Morgan fingerprint density at radius 3 is 2.30 bits per heavy atom. The molecule has 0 fully saturated rings. The van der Waals surface area contributed by atoms with E-state index in [-0.39, 0.29) is 23.2 Å². The molecule has 2 N–H and O–H groups in total. The second-order valence-electron chi connectivity index (χ2n) is 7.40. The van der Waals surface area contributed by atoms with E-state index in [0.717, 1.165) is 27.9 Å². The van der Waals surface area contributed by atoms with E-state index >= 15 is 0 Å². The van der Waals surface area contributed by atoms with Crippen LogP contribution >= 0.6 is 11.6 Å². The van der Waals surface area contributed by atoms with Gasteiger partial charge >= 0.3 is 0 Å². The minimum Gasteiger partial charge on any atom is -0.343 e. The fraction of sp³-hybridized carbons (Fsp3) is 0.261. The number of amides is 2. The molecule has 0 saturated carbocycles. The third-order valence-electron chi connectivity index (χ3n) is 4.82. The number of nitrogens with zero attached hydrogens (tertiary/aromatic N) is 2. The summed E-state index contributed by atoms with van der Waals surface area (Å²) < 4.78 is 1.58. The average Bonchev–Trinajstić information content (AvgIpc) is 2.96. The van der Waals surface area contributed by atoms with Crippen LogP contribution in [0.2, 0.25) is 5.15 Å². The molecule has 0 unspecified atom stereocenters. The molecule has 0 saturated heterocycles. The molecule has 3 rings (SSSR count). The summed E-state index contributed by atoms with van der Waals surface area (Å²) in [6.07, 6.45) is 0. The number of benzene rings is 2. The zero-order valence-electron chi connectivity index (χ0n) is 17.5. The molecule has 3 aromatic rings. The summed E-state index contributed by atoms with van der Waals surface area (Å²) in [5.74, 6) is -0.729. The first-order valence-corrected chi connectivity index (χ1v) is 10.1. The Morgan fingerprint density at radius 2 is 1.67 bits per heavy atom. The maximum Gasteiger partial charge on any atom is 0.256 e. The van der Waals surface area contributed by atoms with E-state index < -0.39 is 5.91 Å². The fourth-order valence-corrected chi connectivity index (χ4v) is 3.80. The summed E-state index contributed by atoms with van der Waals surface area (Å²) in [5.41, 5.74) is 5.68. The van der Waals surface area contributed by atoms with Gasteiger partial charge in [-0.1, -0.05) is 59.6 Å². The van der Waals surface area contributed by atoms with Gasteiger partial charge in [0.15, 0.2) is 0 Å². The van der Waals surface area contributed by atoms with Crippen LogP contribution in [0, 0.1) is 27.7 Å². The van der Waals surface area contributed by atoms with Crippen LogP contribution in [0.15, 0.2) is 42.5 Å². The number of aryl methyl sites for hydroxylation is 4. The molecule has 0 bridgehead atoms. The first kappa shape index (κ1) is 21.6. The normalized spacial score (nSPS) is 10.7. The summed E-state index contributed by atoms with van der Waals surface area (Å²) in [6.45, 7) is 7.92. The van der Waals surface area contributed by atoms with Gasteiger partial charge in [-0.05, 0) is 44.4 Å². The predicted molar refractivity (Wildman–Crippen MR) is 119 cm³/mol. The van der Waals surface area contributed by atoms with Crippen molar-refractivity contribution in [2.24, 2.45) is 0 Å². The number of rotatable bonds is 6. The van der Waals surface area contributed by atoms with Crippen LogP contribution in [-0.2, 0) is 11.3 Å². The number of carbonyl (C=O) groups is 2. The number of aromatic nitrogens is 2. The Labute approximate surface area is 181 Å².